The SMILES string of the molecule is O=C(NCC1CCN(c2cccc(Br)c2)C1)c1cccc(NC(=O)c2cccs2)c1. The largest absolute Gasteiger partial charge is 0.371 e. The van der Waals surface area contributed by atoms with Crippen LogP contribution < -0.4 is 15.5 Å². The summed E-state index contributed by atoms with van der Waals surface area (Å²) in [5.41, 5.74) is 2.36. The van der Waals surface area contributed by atoms with Crippen LogP contribution in [-0.4, -0.2) is 31.4 Å². The van der Waals surface area contributed by atoms with Crippen molar-refractivity contribution in [1.29, 1.82) is 0 Å². The van der Waals surface area contributed by atoms with Gasteiger partial charge >= 0.3 is 0 Å². The normalized spacial score (nSPS) is 15.8. The molecule has 3 aromatic rings. The van der Waals surface area contributed by atoms with Gasteiger partial charge in [0.2, 0.25) is 0 Å². The summed E-state index contributed by atoms with van der Waals surface area (Å²) in [5.74, 6) is 0.124. The lowest BCUT2D eigenvalue weighted by atomic mass is 10.1. The molecule has 2 aromatic carbocycles. The Morgan fingerprint density at radius 1 is 1.07 bits per heavy atom. The molecule has 2 amide bonds. The van der Waals surface area contributed by atoms with Gasteiger partial charge in [-0.05, 0) is 60.2 Å². The molecule has 5 nitrogen and oxygen atoms in total. The van der Waals surface area contributed by atoms with Crippen LogP contribution >= 0.6 is 27.3 Å². The van der Waals surface area contributed by atoms with Gasteiger partial charge in [-0.3, -0.25) is 9.59 Å². The molecule has 1 saturated heterocycles. The van der Waals surface area contributed by atoms with Crippen molar-refractivity contribution < 1.29 is 9.59 Å². The second-order valence-electron chi connectivity index (χ2n) is 7.30. The van der Waals surface area contributed by atoms with Crippen molar-refractivity contribution in [3.63, 3.8) is 0 Å². The number of hydrogen-bond acceptors (Lipinski definition) is 4. The number of carbonyl (C=O) groups excluding carboxylic acids is 2. The monoisotopic (exact) mass is 483 g/mol. The molecule has 1 aromatic heterocycles. The summed E-state index contributed by atoms with van der Waals surface area (Å²) in [6.07, 6.45) is 1.05. The van der Waals surface area contributed by atoms with Crippen LogP contribution in [0.5, 0.6) is 0 Å². The number of amides is 2. The number of halogens is 1. The molecule has 2 heterocycles. The van der Waals surface area contributed by atoms with E-state index < -0.39 is 0 Å². The Balaban J connectivity index is 1.31. The first kappa shape index (κ1) is 20.6. The minimum Gasteiger partial charge on any atom is -0.371 e. The quantitative estimate of drug-likeness (QED) is 0.517. The molecule has 30 heavy (non-hydrogen) atoms. The molecule has 1 atom stereocenters. The highest BCUT2D eigenvalue weighted by Gasteiger charge is 2.23. The van der Waals surface area contributed by atoms with E-state index in [0.717, 1.165) is 24.0 Å². The molecule has 1 fully saturated rings. The molecule has 154 valence electrons. The summed E-state index contributed by atoms with van der Waals surface area (Å²) < 4.78 is 1.07. The van der Waals surface area contributed by atoms with E-state index in [-0.39, 0.29) is 11.8 Å². The van der Waals surface area contributed by atoms with E-state index in [0.29, 0.717) is 28.6 Å². The van der Waals surface area contributed by atoms with Gasteiger partial charge in [0.1, 0.15) is 0 Å². The molecule has 1 aliphatic rings. The Morgan fingerprint density at radius 3 is 2.73 bits per heavy atom. The number of anilines is 2. The molecule has 0 aliphatic carbocycles. The molecule has 0 bridgehead atoms. The molecule has 1 aliphatic heterocycles. The van der Waals surface area contributed by atoms with Crippen LogP contribution in [0.2, 0.25) is 0 Å². The zero-order chi connectivity index (χ0) is 20.9. The van der Waals surface area contributed by atoms with Crippen molar-refractivity contribution in [3.8, 4) is 0 Å². The third-order valence-electron chi connectivity index (χ3n) is 5.14. The minimum absolute atomic E-state index is 0.122. The van der Waals surface area contributed by atoms with Crippen LogP contribution in [0.3, 0.4) is 0 Å². The maximum Gasteiger partial charge on any atom is 0.265 e. The first-order valence-electron chi connectivity index (χ1n) is 9.82. The molecule has 0 spiro atoms. The third-order valence-corrected chi connectivity index (χ3v) is 6.50. The fraction of sp³-hybridized carbons (Fsp3) is 0.217. The van der Waals surface area contributed by atoms with Crippen LogP contribution in [0.4, 0.5) is 11.4 Å². The molecule has 0 radical (unpaired) electrons. The van der Waals surface area contributed by atoms with Crippen LogP contribution in [-0.2, 0) is 0 Å². The van der Waals surface area contributed by atoms with E-state index in [1.807, 2.05) is 23.6 Å². The zero-order valence-electron chi connectivity index (χ0n) is 16.3. The topological polar surface area (TPSA) is 61.4 Å². The van der Waals surface area contributed by atoms with Gasteiger partial charge in [-0.15, -0.1) is 11.3 Å². The number of rotatable bonds is 6. The fourth-order valence-electron chi connectivity index (χ4n) is 3.58. The van der Waals surface area contributed by atoms with Crippen LogP contribution in [0.25, 0.3) is 0 Å². The van der Waals surface area contributed by atoms with Gasteiger partial charge in [0.05, 0.1) is 4.88 Å². The summed E-state index contributed by atoms with van der Waals surface area (Å²) in [5, 5.41) is 7.75. The number of thiophene rings is 1. The smallest absolute Gasteiger partial charge is 0.265 e. The average molecular weight is 484 g/mol. The third kappa shape index (κ3) is 5.09. The number of nitrogens with zero attached hydrogens (tertiary/aromatic N) is 1. The number of carbonyl (C=O) groups is 2. The summed E-state index contributed by atoms with van der Waals surface area (Å²) in [7, 11) is 0. The Bertz CT molecular complexity index is 1040. The summed E-state index contributed by atoms with van der Waals surface area (Å²) >= 11 is 4.91. The Labute approximate surface area is 188 Å². The van der Waals surface area contributed by atoms with Gasteiger partial charge in [-0.2, -0.15) is 0 Å². The number of hydrogen-bond donors (Lipinski definition) is 2. The molecular weight excluding hydrogens is 462 g/mol. The first-order chi connectivity index (χ1) is 14.6. The first-order valence-corrected chi connectivity index (χ1v) is 11.5. The number of nitrogens with one attached hydrogen (secondary N) is 2. The van der Waals surface area contributed by atoms with Crippen molar-refractivity contribution in [2.75, 3.05) is 29.9 Å². The minimum atomic E-state index is -0.166. The maximum atomic E-state index is 12.6. The van der Waals surface area contributed by atoms with Crippen molar-refractivity contribution in [3.05, 3.63) is 81.0 Å². The van der Waals surface area contributed by atoms with E-state index >= 15 is 0 Å². The predicted octanol–water partition coefficient (Wildman–Crippen LogP) is 5.02. The highest BCUT2D eigenvalue weighted by Crippen LogP contribution is 2.26. The molecular formula is C23H22BrN3O2S. The highest BCUT2D eigenvalue weighted by atomic mass is 79.9. The standard InChI is InChI=1S/C23H22BrN3O2S/c24-18-5-2-7-20(13-18)27-10-9-16(15-27)14-25-22(28)17-4-1-6-19(12-17)26-23(29)21-8-3-11-30-21/h1-8,11-13,16H,9-10,14-15H2,(H,25,28)(H,26,29). The van der Waals surface area contributed by atoms with Gasteiger partial charge in [-0.1, -0.05) is 34.1 Å². The van der Waals surface area contributed by atoms with Crippen molar-refractivity contribution in [2.45, 2.75) is 6.42 Å². The molecule has 2 N–H and O–H groups in total. The van der Waals surface area contributed by atoms with Gasteiger partial charge in [0.25, 0.3) is 11.8 Å². The fourth-order valence-corrected chi connectivity index (χ4v) is 4.59. The second kappa shape index (κ2) is 9.45. The Morgan fingerprint density at radius 2 is 1.93 bits per heavy atom. The highest BCUT2D eigenvalue weighted by molar-refractivity contribution is 9.10. The van der Waals surface area contributed by atoms with Gasteiger partial charge in [0.15, 0.2) is 0 Å². The molecule has 7 heteroatoms. The average Bonchev–Trinajstić information content (AvgIpc) is 3.44. The van der Waals surface area contributed by atoms with Gasteiger partial charge < -0.3 is 15.5 Å². The van der Waals surface area contributed by atoms with Crippen molar-refractivity contribution >= 4 is 50.5 Å². The van der Waals surface area contributed by atoms with Crippen molar-refractivity contribution in [2.24, 2.45) is 5.92 Å². The maximum absolute atomic E-state index is 12.6. The van der Waals surface area contributed by atoms with E-state index in [1.165, 1.54) is 17.0 Å². The number of benzene rings is 2. The lowest BCUT2D eigenvalue weighted by Gasteiger charge is -2.19. The molecule has 1 unspecified atom stereocenters. The molecule has 4 rings (SSSR count). The summed E-state index contributed by atoms with van der Waals surface area (Å²) in [6, 6.07) is 19.0. The van der Waals surface area contributed by atoms with Gasteiger partial charge in [-0.25, -0.2) is 0 Å². The summed E-state index contributed by atoms with van der Waals surface area (Å²) in [6.45, 7) is 2.55. The zero-order valence-corrected chi connectivity index (χ0v) is 18.7. The Hall–Kier alpha value is -2.64. The lowest BCUT2D eigenvalue weighted by Crippen LogP contribution is -2.31. The van der Waals surface area contributed by atoms with Crippen molar-refractivity contribution in [1.82, 2.24) is 5.32 Å². The van der Waals surface area contributed by atoms with Gasteiger partial charge in [0, 0.05) is 41.0 Å². The van der Waals surface area contributed by atoms with E-state index in [4.69, 9.17) is 0 Å². The second-order valence-corrected chi connectivity index (χ2v) is 9.17. The van der Waals surface area contributed by atoms with Crippen LogP contribution in [0.15, 0.2) is 70.5 Å². The molecule has 0 saturated carbocycles. The lowest BCUT2D eigenvalue weighted by molar-refractivity contribution is 0.0947. The van der Waals surface area contributed by atoms with E-state index in [1.54, 1.807) is 30.3 Å². The predicted molar refractivity (Wildman–Crippen MR) is 126 cm³/mol. The summed E-state index contributed by atoms with van der Waals surface area (Å²) in [4.78, 5) is 27.8. The van der Waals surface area contributed by atoms with Crippen LogP contribution in [0.1, 0.15) is 26.5 Å². The van der Waals surface area contributed by atoms with E-state index in [2.05, 4.69) is 43.6 Å². The van der Waals surface area contributed by atoms with E-state index in [9.17, 15) is 9.59 Å². The Kier molecular flexibility index (Phi) is 6.50. The van der Waals surface area contributed by atoms with Crippen LogP contribution in [0, 0.1) is 5.92 Å².